The van der Waals surface area contributed by atoms with Crippen molar-refractivity contribution in [3.05, 3.63) is 53.3 Å². The summed E-state index contributed by atoms with van der Waals surface area (Å²) in [6.07, 6.45) is 3.37. The molecule has 2 heterocycles. The summed E-state index contributed by atoms with van der Waals surface area (Å²) in [6.45, 7) is 8.56. The maximum Gasteiger partial charge on any atom is 0.229 e. The molecule has 0 radical (unpaired) electrons. The van der Waals surface area contributed by atoms with Crippen LogP contribution in [0.25, 0.3) is 0 Å². The Bertz CT molecular complexity index is 823. The van der Waals surface area contributed by atoms with E-state index in [0.29, 0.717) is 17.0 Å². The van der Waals surface area contributed by atoms with Crippen molar-refractivity contribution in [1.82, 2.24) is 20.2 Å². The quantitative estimate of drug-likeness (QED) is 0.455. The molecular formula is C22H30N6S. The third kappa shape index (κ3) is 6.49. The van der Waals surface area contributed by atoms with Crippen molar-refractivity contribution >= 4 is 29.2 Å². The van der Waals surface area contributed by atoms with Gasteiger partial charge in [-0.3, -0.25) is 5.32 Å². The van der Waals surface area contributed by atoms with Crippen molar-refractivity contribution < 1.29 is 0 Å². The molecule has 0 unspecified atom stereocenters. The van der Waals surface area contributed by atoms with Gasteiger partial charge in [-0.1, -0.05) is 30.3 Å². The van der Waals surface area contributed by atoms with Crippen LogP contribution in [-0.4, -0.2) is 45.6 Å². The van der Waals surface area contributed by atoms with Gasteiger partial charge in [-0.15, -0.1) is 0 Å². The first-order chi connectivity index (χ1) is 14.0. The van der Waals surface area contributed by atoms with Crippen molar-refractivity contribution in [2.24, 2.45) is 10.9 Å². The number of aliphatic imine (C=N–C) groups is 1. The van der Waals surface area contributed by atoms with Gasteiger partial charge in [0.15, 0.2) is 5.11 Å². The maximum atomic E-state index is 5.37. The molecule has 0 amide bonds. The minimum absolute atomic E-state index is 0.478. The lowest BCUT2D eigenvalue weighted by molar-refractivity contribution is 0.265. The summed E-state index contributed by atoms with van der Waals surface area (Å²) in [4.78, 5) is 15.9. The van der Waals surface area contributed by atoms with Crippen LogP contribution in [0.1, 0.15) is 36.7 Å². The Hall–Kier alpha value is -2.54. The van der Waals surface area contributed by atoms with E-state index in [2.05, 4.69) is 60.8 Å². The van der Waals surface area contributed by atoms with Crippen molar-refractivity contribution in [3.63, 3.8) is 0 Å². The first kappa shape index (κ1) is 21.2. The molecule has 29 heavy (non-hydrogen) atoms. The smallest absolute Gasteiger partial charge is 0.229 e. The molecule has 1 aromatic carbocycles. The van der Waals surface area contributed by atoms with Gasteiger partial charge in [0.05, 0.1) is 0 Å². The van der Waals surface area contributed by atoms with Gasteiger partial charge in [-0.05, 0) is 69.8 Å². The lowest BCUT2D eigenvalue weighted by Gasteiger charge is -2.34. The molecule has 1 aliphatic rings. The number of aryl methyl sites for hydroxylation is 2. The Morgan fingerprint density at radius 1 is 1.14 bits per heavy atom. The molecule has 2 aromatic rings. The maximum absolute atomic E-state index is 5.37. The number of nitrogens with one attached hydrogen (secondary N) is 2. The molecule has 2 N–H and O–H groups in total. The second kappa shape index (κ2) is 10.3. The van der Waals surface area contributed by atoms with Crippen LogP contribution in [0.5, 0.6) is 0 Å². The van der Waals surface area contributed by atoms with Crippen molar-refractivity contribution in [1.29, 1.82) is 0 Å². The molecule has 154 valence electrons. The number of likely N-dealkylation sites (tertiary alicyclic amines) is 1. The van der Waals surface area contributed by atoms with Gasteiger partial charge in [0, 0.05) is 31.0 Å². The van der Waals surface area contributed by atoms with E-state index in [1.54, 1.807) is 0 Å². The molecule has 7 heteroatoms. The number of thiocarbonyl (C=S) groups is 1. The predicted octanol–water partition coefficient (Wildman–Crippen LogP) is 3.71. The second-order valence-corrected chi connectivity index (χ2v) is 7.88. The number of hydrogen-bond donors (Lipinski definition) is 2. The van der Waals surface area contributed by atoms with Gasteiger partial charge in [-0.2, -0.15) is 4.99 Å². The SMILES string of the molecule is CCNC(=S)/N=C(/Nc1nc(C)cc(C)n1)N1CCC(Cc2ccccc2)CC1. The number of hydrogen-bond acceptors (Lipinski definition) is 3. The lowest BCUT2D eigenvalue weighted by Crippen LogP contribution is -2.43. The third-order valence-corrected chi connectivity index (χ3v) is 5.26. The molecule has 1 aromatic heterocycles. The van der Waals surface area contributed by atoms with Gasteiger partial charge >= 0.3 is 0 Å². The van der Waals surface area contributed by atoms with Crippen LogP contribution >= 0.6 is 12.2 Å². The van der Waals surface area contributed by atoms with Crippen LogP contribution in [0.15, 0.2) is 41.4 Å². The number of benzene rings is 1. The van der Waals surface area contributed by atoms with Crippen LogP contribution < -0.4 is 10.6 Å². The Morgan fingerprint density at radius 3 is 2.41 bits per heavy atom. The van der Waals surface area contributed by atoms with Crippen LogP contribution in [-0.2, 0) is 6.42 Å². The summed E-state index contributed by atoms with van der Waals surface area (Å²) in [7, 11) is 0. The minimum atomic E-state index is 0.478. The van der Waals surface area contributed by atoms with Gasteiger partial charge < -0.3 is 10.2 Å². The summed E-state index contributed by atoms with van der Waals surface area (Å²) in [5, 5.41) is 6.89. The highest BCUT2D eigenvalue weighted by Gasteiger charge is 2.23. The van der Waals surface area contributed by atoms with Gasteiger partial charge in [0.25, 0.3) is 0 Å². The molecule has 1 fully saturated rings. The third-order valence-electron chi connectivity index (χ3n) is 5.02. The van der Waals surface area contributed by atoms with Gasteiger partial charge in [0.1, 0.15) is 0 Å². The number of aromatic nitrogens is 2. The van der Waals surface area contributed by atoms with Crippen LogP contribution in [0, 0.1) is 19.8 Å². The Kier molecular flexibility index (Phi) is 7.52. The van der Waals surface area contributed by atoms with E-state index in [-0.39, 0.29) is 0 Å². The molecule has 0 aliphatic carbocycles. The second-order valence-electron chi connectivity index (χ2n) is 7.49. The average molecular weight is 411 g/mol. The topological polar surface area (TPSA) is 65.4 Å². The normalized spacial score (nSPS) is 15.3. The van der Waals surface area contributed by atoms with E-state index in [4.69, 9.17) is 12.2 Å². The molecule has 0 spiro atoms. The summed E-state index contributed by atoms with van der Waals surface area (Å²) in [6, 6.07) is 12.7. The minimum Gasteiger partial charge on any atom is -0.361 e. The largest absolute Gasteiger partial charge is 0.361 e. The average Bonchev–Trinajstić information content (AvgIpc) is 2.68. The standard InChI is InChI=1S/C22H30N6S/c1-4-23-22(29)27-21(26-20-24-16(2)14-17(3)25-20)28-12-10-19(11-13-28)15-18-8-6-5-7-9-18/h5-9,14,19H,4,10-13,15H2,1-3H3,(H2,23,24,25,26,27,29). The number of anilines is 1. The summed E-state index contributed by atoms with van der Waals surface area (Å²) < 4.78 is 0. The molecule has 0 atom stereocenters. The monoisotopic (exact) mass is 410 g/mol. The molecule has 0 saturated carbocycles. The van der Waals surface area contributed by atoms with E-state index in [1.807, 2.05) is 26.8 Å². The highest BCUT2D eigenvalue weighted by molar-refractivity contribution is 7.80. The van der Waals surface area contributed by atoms with Crippen molar-refractivity contribution in [2.45, 2.75) is 40.0 Å². The van der Waals surface area contributed by atoms with E-state index < -0.39 is 0 Å². The number of piperidine rings is 1. The molecule has 1 saturated heterocycles. The van der Waals surface area contributed by atoms with Crippen LogP contribution in [0.2, 0.25) is 0 Å². The number of rotatable bonds is 4. The summed E-state index contributed by atoms with van der Waals surface area (Å²) in [5.74, 6) is 1.97. The number of guanidine groups is 1. The Balaban J connectivity index is 1.69. The lowest BCUT2D eigenvalue weighted by atomic mass is 9.90. The van der Waals surface area contributed by atoms with Crippen molar-refractivity contribution in [3.8, 4) is 0 Å². The van der Waals surface area contributed by atoms with E-state index in [0.717, 1.165) is 56.2 Å². The summed E-state index contributed by atoms with van der Waals surface area (Å²) >= 11 is 5.37. The first-order valence-corrected chi connectivity index (χ1v) is 10.7. The molecular weight excluding hydrogens is 380 g/mol. The van der Waals surface area contributed by atoms with Gasteiger partial charge in [0.2, 0.25) is 11.9 Å². The predicted molar refractivity (Wildman–Crippen MR) is 123 cm³/mol. The molecule has 0 bridgehead atoms. The zero-order chi connectivity index (χ0) is 20.6. The van der Waals surface area contributed by atoms with Gasteiger partial charge in [-0.25, -0.2) is 9.97 Å². The van der Waals surface area contributed by atoms with E-state index >= 15 is 0 Å². The Morgan fingerprint density at radius 2 is 1.79 bits per heavy atom. The summed E-state index contributed by atoms with van der Waals surface area (Å²) in [5.41, 5.74) is 3.26. The highest BCUT2D eigenvalue weighted by atomic mass is 32.1. The zero-order valence-electron chi connectivity index (χ0n) is 17.5. The fraction of sp³-hybridized carbons (Fsp3) is 0.455. The first-order valence-electron chi connectivity index (χ1n) is 10.3. The molecule has 1 aliphatic heterocycles. The van der Waals surface area contributed by atoms with E-state index in [1.165, 1.54) is 5.56 Å². The molecule has 3 rings (SSSR count). The zero-order valence-corrected chi connectivity index (χ0v) is 18.3. The fourth-order valence-corrected chi connectivity index (χ4v) is 3.87. The molecule has 6 nitrogen and oxygen atoms in total. The number of nitrogens with zero attached hydrogens (tertiary/aromatic N) is 4. The Labute approximate surface area is 178 Å². The van der Waals surface area contributed by atoms with E-state index in [9.17, 15) is 0 Å². The van der Waals surface area contributed by atoms with Crippen LogP contribution in [0.3, 0.4) is 0 Å². The highest BCUT2D eigenvalue weighted by Crippen LogP contribution is 2.22. The van der Waals surface area contributed by atoms with Crippen LogP contribution in [0.4, 0.5) is 5.95 Å². The fourth-order valence-electron chi connectivity index (χ4n) is 3.64. The van der Waals surface area contributed by atoms with Crippen molar-refractivity contribution in [2.75, 3.05) is 25.0 Å².